The summed E-state index contributed by atoms with van der Waals surface area (Å²) < 4.78 is 28.7. The van der Waals surface area contributed by atoms with Crippen LogP contribution in [0.5, 0.6) is 0 Å². The zero-order valence-electron chi connectivity index (χ0n) is 16.3. The highest BCUT2D eigenvalue weighted by atomic mass is 35.5. The first kappa shape index (κ1) is 21.3. The molecule has 158 valence electrons. The molecule has 10 heteroatoms. The Morgan fingerprint density at radius 3 is 2.42 bits per heavy atom. The lowest BCUT2D eigenvalue weighted by molar-refractivity contribution is 0.601. The molecular formula is C21H17Cl2N5O2S. The van der Waals surface area contributed by atoms with Gasteiger partial charge in [-0.15, -0.1) is 0 Å². The smallest absolute Gasteiger partial charge is 0.264 e. The van der Waals surface area contributed by atoms with Gasteiger partial charge in [0.25, 0.3) is 10.0 Å². The van der Waals surface area contributed by atoms with Crippen molar-refractivity contribution in [3.63, 3.8) is 0 Å². The molecule has 0 bridgehead atoms. The monoisotopic (exact) mass is 473 g/mol. The van der Waals surface area contributed by atoms with E-state index >= 15 is 0 Å². The molecule has 0 fully saturated rings. The van der Waals surface area contributed by atoms with Gasteiger partial charge >= 0.3 is 0 Å². The Hall–Kier alpha value is -2.94. The molecule has 0 aliphatic carbocycles. The van der Waals surface area contributed by atoms with Crippen LogP contribution in [0.2, 0.25) is 10.0 Å². The van der Waals surface area contributed by atoms with Gasteiger partial charge in [0.05, 0.1) is 21.1 Å². The molecule has 0 amide bonds. The second-order valence-corrected chi connectivity index (χ2v) is 9.20. The number of anilines is 2. The van der Waals surface area contributed by atoms with E-state index in [9.17, 15) is 8.42 Å². The van der Waals surface area contributed by atoms with Gasteiger partial charge in [0, 0.05) is 26.0 Å². The number of nitrogens with one attached hydrogen (secondary N) is 1. The van der Waals surface area contributed by atoms with E-state index in [1.807, 2.05) is 30.3 Å². The number of hydrogen-bond donors (Lipinski definition) is 1. The van der Waals surface area contributed by atoms with Crippen LogP contribution < -0.4 is 9.62 Å². The highest BCUT2D eigenvalue weighted by Crippen LogP contribution is 2.32. The van der Waals surface area contributed by atoms with E-state index in [4.69, 9.17) is 23.2 Å². The average molecular weight is 474 g/mol. The second kappa shape index (κ2) is 8.66. The van der Waals surface area contributed by atoms with Crippen LogP contribution in [0.4, 0.5) is 11.6 Å². The molecule has 2 aromatic heterocycles. The summed E-state index contributed by atoms with van der Waals surface area (Å²) >= 11 is 12.2. The van der Waals surface area contributed by atoms with Crippen LogP contribution in [-0.2, 0) is 16.6 Å². The number of pyridine rings is 1. The lowest BCUT2D eigenvalue weighted by Crippen LogP contribution is -2.22. The van der Waals surface area contributed by atoms with E-state index in [1.165, 1.54) is 18.2 Å². The molecule has 2 heterocycles. The van der Waals surface area contributed by atoms with Crippen molar-refractivity contribution in [1.82, 2.24) is 15.0 Å². The SMILES string of the molecule is CN(Cc1cccnc1)c1nc2ccccc2nc1NS(=O)(=O)c1cccc(Cl)c1Cl. The number of sulfonamides is 1. The number of benzene rings is 2. The Bertz CT molecular complexity index is 1350. The van der Waals surface area contributed by atoms with Crippen LogP contribution in [-0.4, -0.2) is 30.4 Å². The molecule has 0 unspecified atom stereocenters. The molecule has 1 N–H and O–H groups in total. The van der Waals surface area contributed by atoms with E-state index in [0.717, 1.165) is 5.56 Å². The van der Waals surface area contributed by atoms with Crippen molar-refractivity contribution in [1.29, 1.82) is 0 Å². The van der Waals surface area contributed by atoms with Crippen molar-refractivity contribution in [2.24, 2.45) is 0 Å². The second-order valence-electron chi connectivity index (χ2n) is 6.76. The molecular weight excluding hydrogens is 457 g/mol. The predicted octanol–water partition coefficient (Wildman–Crippen LogP) is 4.77. The first-order valence-electron chi connectivity index (χ1n) is 9.19. The molecule has 0 saturated heterocycles. The standard InChI is InChI=1S/C21H17Cl2N5O2S/c1-28(13-14-6-5-11-24-12-14)21-20(25-16-8-2-3-9-17(16)26-21)27-31(29,30)18-10-4-7-15(22)19(18)23/h2-12H,13H2,1H3,(H,25,27). The number of halogens is 2. The molecule has 0 radical (unpaired) electrons. The number of rotatable bonds is 6. The van der Waals surface area contributed by atoms with Gasteiger partial charge < -0.3 is 4.90 Å². The Morgan fingerprint density at radius 1 is 0.968 bits per heavy atom. The maximum absolute atomic E-state index is 13.1. The summed E-state index contributed by atoms with van der Waals surface area (Å²) in [6, 6.07) is 15.4. The fourth-order valence-electron chi connectivity index (χ4n) is 3.04. The minimum Gasteiger partial charge on any atom is -0.352 e. The Kier molecular flexibility index (Phi) is 5.95. The topological polar surface area (TPSA) is 88.1 Å². The third-order valence-corrected chi connectivity index (χ3v) is 6.81. The van der Waals surface area contributed by atoms with E-state index in [0.29, 0.717) is 23.4 Å². The minimum atomic E-state index is -4.07. The molecule has 0 aliphatic heterocycles. The Labute approximate surface area is 189 Å². The first-order valence-corrected chi connectivity index (χ1v) is 11.4. The molecule has 0 spiro atoms. The van der Waals surface area contributed by atoms with Crippen LogP contribution >= 0.6 is 23.2 Å². The maximum Gasteiger partial charge on any atom is 0.264 e. The van der Waals surface area contributed by atoms with Crippen molar-refractivity contribution in [3.8, 4) is 0 Å². The van der Waals surface area contributed by atoms with Gasteiger partial charge in [-0.05, 0) is 35.9 Å². The van der Waals surface area contributed by atoms with Gasteiger partial charge in [0.1, 0.15) is 4.90 Å². The fourth-order valence-corrected chi connectivity index (χ4v) is 4.81. The van der Waals surface area contributed by atoms with E-state index in [2.05, 4.69) is 19.7 Å². The van der Waals surface area contributed by atoms with Crippen molar-refractivity contribution in [2.75, 3.05) is 16.7 Å². The lowest BCUT2D eigenvalue weighted by atomic mass is 10.2. The number of hydrogen-bond acceptors (Lipinski definition) is 6. The van der Waals surface area contributed by atoms with Crippen LogP contribution in [0.1, 0.15) is 5.56 Å². The lowest BCUT2D eigenvalue weighted by Gasteiger charge is -2.22. The number of fused-ring (bicyclic) bond motifs is 1. The normalized spacial score (nSPS) is 11.5. The van der Waals surface area contributed by atoms with Gasteiger partial charge in [0.2, 0.25) is 0 Å². The molecule has 31 heavy (non-hydrogen) atoms. The molecule has 4 aromatic rings. The van der Waals surface area contributed by atoms with Crippen LogP contribution in [0.3, 0.4) is 0 Å². The third-order valence-electron chi connectivity index (χ3n) is 4.49. The number of nitrogens with zero attached hydrogens (tertiary/aromatic N) is 4. The summed E-state index contributed by atoms with van der Waals surface area (Å²) in [5.74, 6) is 0.449. The Morgan fingerprint density at radius 2 is 1.71 bits per heavy atom. The summed E-state index contributed by atoms with van der Waals surface area (Å²) in [7, 11) is -2.27. The van der Waals surface area contributed by atoms with E-state index < -0.39 is 10.0 Å². The maximum atomic E-state index is 13.1. The fraction of sp³-hybridized carbons (Fsp3) is 0.0952. The van der Waals surface area contributed by atoms with Crippen molar-refractivity contribution in [3.05, 3.63) is 82.6 Å². The summed E-state index contributed by atoms with van der Waals surface area (Å²) in [5.41, 5.74) is 2.13. The van der Waals surface area contributed by atoms with E-state index in [-0.39, 0.29) is 20.8 Å². The first-order chi connectivity index (χ1) is 14.8. The highest BCUT2D eigenvalue weighted by molar-refractivity contribution is 7.92. The van der Waals surface area contributed by atoms with Crippen molar-refractivity contribution in [2.45, 2.75) is 11.4 Å². The van der Waals surface area contributed by atoms with Gasteiger partial charge in [-0.25, -0.2) is 18.4 Å². The molecule has 0 atom stereocenters. The van der Waals surface area contributed by atoms with Crippen molar-refractivity contribution >= 4 is 55.9 Å². The highest BCUT2D eigenvalue weighted by Gasteiger charge is 2.24. The summed E-state index contributed by atoms with van der Waals surface area (Å²) in [4.78, 5) is 14.9. The molecule has 4 rings (SSSR count). The average Bonchev–Trinajstić information content (AvgIpc) is 2.75. The number of para-hydroxylation sites is 2. The quantitative estimate of drug-likeness (QED) is 0.433. The number of aromatic nitrogens is 3. The van der Waals surface area contributed by atoms with Gasteiger partial charge in [-0.2, -0.15) is 0 Å². The third kappa shape index (κ3) is 4.56. The molecule has 7 nitrogen and oxygen atoms in total. The zero-order valence-corrected chi connectivity index (χ0v) is 18.7. The summed E-state index contributed by atoms with van der Waals surface area (Å²) in [6.45, 7) is 0.452. The van der Waals surface area contributed by atoms with E-state index in [1.54, 1.807) is 30.4 Å². The predicted molar refractivity (Wildman–Crippen MR) is 123 cm³/mol. The van der Waals surface area contributed by atoms with Gasteiger partial charge in [0.15, 0.2) is 11.6 Å². The van der Waals surface area contributed by atoms with Gasteiger partial charge in [-0.1, -0.05) is 47.5 Å². The molecule has 0 aliphatic rings. The van der Waals surface area contributed by atoms with Crippen molar-refractivity contribution < 1.29 is 8.42 Å². The summed E-state index contributed by atoms with van der Waals surface area (Å²) in [5, 5.41) is 0.0822. The largest absolute Gasteiger partial charge is 0.352 e. The minimum absolute atomic E-state index is 0.0596. The zero-order chi connectivity index (χ0) is 22.0. The van der Waals surface area contributed by atoms with Crippen LogP contribution in [0.15, 0.2) is 71.9 Å². The summed E-state index contributed by atoms with van der Waals surface area (Å²) in [6.07, 6.45) is 3.42. The Balaban J connectivity index is 1.78. The van der Waals surface area contributed by atoms with Gasteiger partial charge in [-0.3, -0.25) is 9.71 Å². The molecule has 0 saturated carbocycles. The van der Waals surface area contributed by atoms with Crippen LogP contribution in [0, 0.1) is 0 Å². The molecule has 2 aromatic carbocycles. The van der Waals surface area contributed by atoms with Crippen LogP contribution in [0.25, 0.3) is 11.0 Å².